The molecule has 0 bridgehead atoms. The highest BCUT2D eigenvalue weighted by molar-refractivity contribution is 9.10. The van der Waals surface area contributed by atoms with Crippen molar-refractivity contribution in [3.63, 3.8) is 0 Å². The summed E-state index contributed by atoms with van der Waals surface area (Å²) in [6.45, 7) is 0. The fraction of sp³-hybridized carbons (Fsp3) is 0.0714. The van der Waals surface area contributed by atoms with Gasteiger partial charge in [0.05, 0.1) is 11.8 Å². The van der Waals surface area contributed by atoms with E-state index in [0.717, 1.165) is 9.99 Å². The van der Waals surface area contributed by atoms with Crippen LogP contribution in [-0.2, 0) is 7.05 Å². The van der Waals surface area contributed by atoms with Crippen molar-refractivity contribution < 1.29 is 14.6 Å². The lowest BCUT2D eigenvalue weighted by Gasteiger charge is -2.08. The number of carboxylic acid groups (broad SMARTS) is 1. The Hall–Kier alpha value is -2.41. The Kier molecular flexibility index (Phi) is 3.34. The smallest absolute Gasteiger partial charge is 0.339 e. The van der Waals surface area contributed by atoms with Crippen molar-refractivity contribution in [1.29, 1.82) is 0 Å². The van der Waals surface area contributed by atoms with Crippen LogP contribution in [0.15, 0.2) is 41.3 Å². The molecule has 0 aliphatic heterocycles. The van der Waals surface area contributed by atoms with Crippen molar-refractivity contribution in [1.82, 2.24) is 14.5 Å². The van der Waals surface area contributed by atoms with Gasteiger partial charge in [0, 0.05) is 17.7 Å². The number of ether oxygens (including phenoxy) is 1. The minimum absolute atomic E-state index is 0.0629. The molecule has 2 heterocycles. The second-order valence-electron chi connectivity index (χ2n) is 4.39. The van der Waals surface area contributed by atoms with E-state index in [2.05, 4.69) is 25.9 Å². The molecule has 2 aromatic heterocycles. The van der Waals surface area contributed by atoms with Gasteiger partial charge in [0.2, 0.25) is 5.88 Å². The molecule has 0 amide bonds. The topological polar surface area (TPSA) is 77.2 Å². The highest BCUT2D eigenvalue weighted by Crippen LogP contribution is 2.30. The largest absolute Gasteiger partial charge is 0.478 e. The molecule has 21 heavy (non-hydrogen) atoms. The van der Waals surface area contributed by atoms with Crippen molar-refractivity contribution in [2.45, 2.75) is 0 Å². The quantitative estimate of drug-likeness (QED) is 0.786. The number of nitrogens with zero attached hydrogens (tertiary/aromatic N) is 3. The van der Waals surface area contributed by atoms with Gasteiger partial charge in [0.1, 0.15) is 11.3 Å². The monoisotopic (exact) mass is 347 g/mol. The van der Waals surface area contributed by atoms with Crippen LogP contribution in [0, 0.1) is 0 Å². The predicted octanol–water partition coefficient (Wildman–Crippen LogP) is 3.22. The lowest BCUT2D eigenvalue weighted by atomic mass is 10.2. The van der Waals surface area contributed by atoms with Crippen molar-refractivity contribution in [2.75, 3.05) is 0 Å². The van der Waals surface area contributed by atoms with E-state index in [1.807, 2.05) is 17.7 Å². The molecule has 7 heteroatoms. The first-order valence-electron chi connectivity index (χ1n) is 6.03. The van der Waals surface area contributed by atoms with Crippen LogP contribution in [0.25, 0.3) is 11.0 Å². The van der Waals surface area contributed by atoms with Gasteiger partial charge in [-0.05, 0) is 24.3 Å². The summed E-state index contributed by atoms with van der Waals surface area (Å²) < 4.78 is 8.23. The summed E-state index contributed by atoms with van der Waals surface area (Å²) in [5.74, 6) is -0.582. The molecule has 1 aromatic carbocycles. The summed E-state index contributed by atoms with van der Waals surface area (Å²) in [4.78, 5) is 19.6. The zero-order chi connectivity index (χ0) is 15.0. The first-order chi connectivity index (χ1) is 10.1. The first kappa shape index (κ1) is 13.6. The molecule has 106 valence electrons. The van der Waals surface area contributed by atoms with Crippen LogP contribution in [0.1, 0.15) is 10.4 Å². The summed E-state index contributed by atoms with van der Waals surface area (Å²) in [6.07, 6.45) is 3.25. The summed E-state index contributed by atoms with van der Waals surface area (Å²) in [5, 5.41) is 9.22. The van der Waals surface area contributed by atoms with Crippen LogP contribution >= 0.6 is 15.9 Å². The van der Waals surface area contributed by atoms with E-state index in [4.69, 9.17) is 4.74 Å². The van der Waals surface area contributed by atoms with Gasteiger partial charge in [-0.2, -0.15) is 0 Å². The van der Waals surface area contributed by atoms with Gasteiger partial charge in [-0.25, -0.2) is 14.8 Å². The number of benzene rings is 1. The summed E-state index contributed by atoms with van der Waals surface area (Å²) in [5.41, 5.74) is 1.50. The van der Waals surface area contributed by atoms with Crippen LogP contribution in [0.3, 0.4) is 0 Å². The van der Waals surface area contributed by atoms with E-state index in [-0.39, 0.29) is 17.2 Å². The van der Waals surface area contributed by atoms with Gasteiger partial charge >= 0.3 is 5.97 Å². The first-order valence-corrected chi connectivity index (χ1v) is 6.82. The highest BCUT2D eigenvalue weighted by Gasteiger charge is 2.15. The Morgan fingerprint density at radius 2 is 2.14 bits per heavy atom. The van der Waals surface area contributed by atoms with Crippen LogP contribution in [0.5, 0.6) is 11.6 Å². The Labute approximate surface area is 128 Å². The van der Waals surface area contributed by atoms with Gasteiger partial charge in [-0.3, -0.25) is 0 Å². The normalized spacial score (nSPS) is 10.8. The second-order valence-corrected chi connectivity index (χ2v) is 5.30. The number of imidazole rings is 1. The minimum Gasteiger partial charge on any atom is -0.478 e. The van der Waals surface area contributed by atoms with Gasteiger partial charge in [-0.1, -0.05) is 15.9 Å². The molecule has 0 aliphatic rings. The third-order valence-electron chi connectivity index (χ3n) is 2.99. The number of carbonyl (C=O) groups is 1. The molecule has 0 unspecified atom stereocenters. The average Bonchev–Trinajstić information content (AvgIpc) is 2.82. The van der Waals surface area contributed by atoms with E-state index < -0.39 is 5.97 Å². The number of aromatic carboxylic acids is 1. The summed E-state index contributed by atoms with van der Waals surface area (Å²) >= 11 is 3.30. The summed E-state index contributed by atoms with van der Waals surface area (Å²) in [7, 11) is 1.86. The molecule has 0 spiro atoms. The maximum Gasteiger partial charge on any atom is 0.339 e. The molecular formula is C14H10BrN3O3. The van der Waals surface area contributed by atoms with E-state index in [9.17, 15) is 9.90 Å². The molecule has 6 nitrogen and oxygen atoms in total. The van der Waals surface area contributed by atoms with Crippen LogP contribution in [0.4, 0.5) is 0 Å². The number of hydrogen-bond acceptors (Lipinski definition) is 4. The molecule has 3 aromatic rings. The molecule has 0 saturated carbocycles. The fourth-order valence-electron chi connectivity index (χ4n) is 1.97. The third-order valence-corrected chi connectivity index (χ3v) is 3.48. The van der Waals surface area contributed by atoms with Gasteiger partial charge in [0.15, 0.2) is 5.52 Å². The van der Waals surface area contributed by atoms with Gasteiger partial charge in [0.25, 0.3) is 0 Å². The minimum atomic E-state index is -1.06. The number of aromatic nitrogens is 3. The average molecular weight is 348 g/mol. The summed E-state index contributed by atoms with van der Waals surface area (Å²) in [6, 6.07) is 6.52. The van der Waals surface area contributed by atoms with Gasteiger partial charge < -0.3 is 14.4 Å². The lowest BCUT2D eigenvalue weighted by molar-refractivity contribution is 0.0694. The number of rotatable bonds is 3. The molecule has 0 saturated heterocycles. The SMILES string of the molecule is Cn1cnc2c(Oc3cc(Br)ccc3C(=O)O)nccc21. The Morgan fingerprint density at radius 1 is 1.33 bits per heavy atom. The molecule has 1 N–H and O–H groups in total. The van der Waals surface area contributed by atoms with Crippen molar-refractivity contribution >= 4 is 32.9 Å². The number of pyridine rings is 1. The Balaban J connectivity index is 2.10. The van der Waals surface area contributed by atoms with Crippen molar-refractivity contribution in [3.05, 3.63) is 46.8 Å². The van der Waals surface area contributed by atoms with Crippen LogP contribution in [0.2, 0.25) is 0 Å². The molecule has 0 radical (unpaired) electrons. The predicted molar refractivity (Wildman–Crippen MR) is 79.7 cm³/mol. The Morgan fingerprint density at radius 3 is 2.90 bits per heavy atom. The number of carboxylic acids is 1. The number of aryl methyl sites for hydroxylation is 1. The fourth-order valence-corrected chi connectivity index (χ4v) is 2.31. The second kappa shape index (κ2) is 5.17. The van der Waals surface area contributed by atoms with E-state index in [1.165, 1.54) is 6.07 Å². The number of hydrogen-bond donors (Lipinski definition) is 1. The maximum atomic E-state index is 11.3. The maximum absolute atomic E-state index is 11.3. The van der Waals surface area contributed by atoms with E-state index in [0.29, 0.717) is 5.52 Å². The van der Waals surface area contributed by atoms with Crippen LogP contribution < -0.4 is 4.74 Å². The van der Waals surface area contributed by atoms with Crippen molar-refractivity contribution in [2.24, 2.45) is 7.05 Å². The molecule has 3 rings (SSSR count). The number of halogens is 1. The molecular weight excluding hydrogens is 338 g/mol. The third kappa shape index (κ3) is 2.47. The van der Waals surface area contributed by atoms with E-state index in [1.54, 1.807) is 24.7 Å². The molecule has 0 atom stereocenters. The zero-order valence-electron chi connectivity index (χ0n) is 10.9. The molecule has 0 fully saturated rings. The lowest BCUT2D eigenvalue weighted by Crippen LogP contribution is -2.01. The van der Waals surface area contributed by atoms with Crippen molar-refractivity contribution in [3.8, 4) is 11.6 Å². The zero-order valence-corrected chi connectivity index (χ0v) is 12.5. The van der Waals surface area contributed by atoms with Gasteiger partial charge in [-0.15, -0.1) is 0 Å². The van der Waals surface area contributed by atoms with Crippen LogP contribution in [-0.4, -0.2) is 25.6 Å². The Bertz CT molecular complexity index is 845. The number of fused-ring (bicyclic) bond motifs is 1. The highest BCUT2D eigenvalue weighted by atomic mass is 79.9. The van der Waals surface area contributed by atoms with E-state index >= 15 is 0 Å². The molecule has 0 aliphatic carbocycles. The standard InChI is InChI=1S/C14H10BrN3O3/c1-18-7-17-12-10(18)4-5-16-13(12)21-11-6-8(15)2-3-9(11)14(19)20/h2-7H,1H3,(H,19,20).